The fourth-order valence-corrected chi connectivity index (χ4v) is 3.13. The fraction of sp³-hybridized carbons (Fsp3) is 0.300. The van der Waals surface area contributed by atoms with Crippen molar-refractivity contribution in [3.05, 3.63) is 65.7 Å². The lowest BCUT2D eigenvalue weighted by Gasteiger charge is -2.24. The summed E-state index contributed by atoms with van der Waals surface area (Å²) < 4.78 is 0. The van der Waals surface area contributed by atoms with Gasteiger partial charge >= 0.3 is 0 Å². The summed E-state index contributed by atoms with van der Waals surface area (Å²) in [6.45, 7) is 1.52. The van der Waals surface area contributed by atoms with E-state index in [1.54, 1.807) is 24.3 Å². The number of anilines is 1. The van der Waals surface area contributed by atoms with Crippen LogP contribution >= 0.6 is 12.4 Å². The molecule has 0 radical (unpaired) electrons. The third kappa shape index (κ3) is 4.99. The Bertz CT molecular complexity index is 746. The molecule has 1 atom stereocenters. The zero-order valence-electron chi connectivity index (χ0n) is 14.6. The number of nitrogen functional groups attached to an aromatic ring is 1. The summed E-state index contributed by atoms with van der Waals surface area (Å²) >= 11 is 0. The second-order valence-corrected chi connectivity index (χ2v) is 6.37. The minimum atomic E-state index is -0.575. The summed E-state index contributed by atoms with van der Waals surface area (Å²) in [6, 6.07) is 16.0. The SMILES string of the molecule is Cl.Nc1cccc(C(=O)NC(Cc2ccccc2)C(=O)N2CCCC2)c1. The Hall–Kier alpha value is -2.53. The molecule has 0 aromatic heterocycles. The van der Waals surface area contributed by atoms with Gasteiger partial charge in [-0.2, -0.15) is 0 Å². The van der Waals surface area contributed by atoms with Crippen LogP contribution in [0.1, 0.15) is 28.8 Å². The third-order valence-corrected chi connectivity index (χ3v) is 4.45. The molecule has 1 unspecified atom stereocenters. The summed E-state index contributed by atoms with van der Waals surface area (Å²) in [7, 11) is 0. The predicted octanol–water partition coefficient (Wildman–Crippen LogP) is 2.65. The van der Waals surface area contributed by atoms with Crippen molar-refractivity contribution in [1.82, 2.24) is 10.2 Å². The highest BCUT2D eigenvalue weighted by atomic mass is 35.5. The predicted molar refractivity (Wildman–Crippen MR) is 105 cm³/mol. The first-order chi connectivity index (χ1) is 12.1. The Morgan fingerprint density at radius 3 is 2.38 bits per heavy atom. The number of nitrogens with one attached hydrogen (secondary N) is 1. The minimum Gasteiger partial charge on any atom is -0.399 e. The highest BCUT2D eigenvalue weighted by Crippen LogP contribution is 2.13. The number of hydrogen-bond donors (Lipinski definition) is 2. The van der Waals surface area contributed by atoms with E-state index in [9.17, 15) is 9.59 Å². The van der Waals surface area contributed by atoms with Gasteiger partial charge in [0.05, 0.1) is 0 Å². The van der Waals surface area contributed by atoms with Gasteiger partial charge in [0.25, 0.3) is 5.91 Å². The van der Waals surface area contributed by atoms with Gasteiger partial charge in [0.2, 0.25) is 5.91 Å². The fourth-order valence-electron chi connectivity index (χ4n) is 3.13. The van der Waals surface area contributed by atoms with Crippen LogP contribution < -0.4 is 11.1 Å². The smallest absolute Gasteiger partial charge is 0.252 e. The molecule has 1 aliphatic rings. The summed E-state index contributed by atoms with van der Waals surface area (Å²) in [4.78, 5) is 27.3. The van der Waals surface area contributed by atoms with Gasteiger partial charge in [-0.05, 0) is 36.6 Å². The topological polar surface area (TPSA) is 75.4 Å². The van der Waals surface area contributed by atoms with Gasteiger partial charge in [0, 0.05) is 30.8 Å². The Labute approximate surface area is 160 Å². The van der Waals surface area contributed by atoms with Crippen LogP contribution in [0.2, 0.25) is 0 Å². The normalized spacial score (nSPS) is 14.4. The first kappa shape index (κ1) is 19.8. The Morgan fingerprint density at radius 2 is 1.73 bits per heavy atom. The van der Waals surface area contributed by atoms with Crippen molar-refractivity contribution in [2.45, 2.75) is 25.3 Å². The van der Waals surface area contributed by atoms with Crippen LogP contribution in [0.5, 0.6) is 0 Å². The van der Waals surface area contributed by atoms with Gasteiger partial charge < -0.3 is 16.0 Å². The maximum Gasteiger partial charge on any atom is 0.252 e. The Morgan fingerprint density at radius 1 is 1.04 bits per heavy atom. The van der Waals surface area contributed by atoms with Crippen molar-refractivity contribution in [1.29, 1.82) is 0 Å². The number of halogens is 1. The molecular weight excluding hydrogens is 350 g/mol. The van der Waals surface area contributed by atoms with E-state index in [4.69, 9.17) is 5.73 Å². The van der Waals surface area contributed by atoms with Gasteiger partial charge in [-0.3, -0.25) is 9.59 Å². The monoisotopic (exact) mass is 373 g/mol. The lowest BCUT2D eigenvalue weighted by molar-refractivity contribution is -0.132. The molecule has 1 saturated heterocycles. The maximum absolute atomic E-state index is 12.9. The van der Waals surface area contributed by atoms with E-state index >= 15 is 0 Å². The van der Waals surface area contributed by atoms with Crippen molar-refractivity contribution in [2.24, 2.45) is 0 Å². The standard InChI is InChI=1S/C20H23N3O2.ClH/c21-17-10-6-9-16(14-17)19(24)22-18(13-15-7-2-1-3-8-15)20(25)23-11-4-5-12-23;/h1-3,6-10,14,18H,4-5,11-13,21H2,(H,22,24);1H. The third-order valence-electron chi connectivity index (χ3n) is 4.45. The van der Waals surface area contributed by atoms with Gasteiger partial charge in [0.15, 0.2) is 0 Å². The Balaban J connectivity index is 0.00000243. The number of amides is 2. The van der Waals surface area contributed by atoms with E-state index in [0.717, 1.165) is 31.5 Å². The molecule has 2 aromatic carbocycles. The van der Waals surface area contributed by atoms with E-state index in [2.05, 4.69) is 5.32 Å². The summed E-state index contributed by atoms with van der Waals surface area (Å²) in [5, 5.41) is 2.90. The number of nitrogens with zero attached hydrogens (tertiary/aromatic N) is 1. The molecular formula is C20H24ClN3O2. The molecule has 26 heavy (non-hydrogen) atoms. The molecule has 3 rings (SSSR count). The van der Waals surface area contributed by atoms with Crippen molar-refractivity contribution in [2.75, 3.05) is 18.8 Å². The quantitative estimate of drug-likeness (QED) is 0.791. The van der Waals surface area contributed by atoms with Crippen LogP contribution in [0.15, 0.2) is 54.6 Å². The van der Waals surface area contributed by atoms with Crippen molar-refractivity contribution in [3.63, 3.8) is 0 Å². The molecule has 2 amide bonds. The summed E-state index contributed by atoms with van der Waals surface area (Å²) in [6.07, 6.45) is 2.52. The maximum atomic E-state index is 12.9. The molecule has 1 heterocycles. The highest BCUT2D eigenvalue weighted by Gasteiger charge is 2.28. The largest absolute Gasteiger partial charge is 0.399 e. The second kappa shape index (κ2) is 9.25. The summed E-state index contributed by atoms with van der Waals surface area (Å²) in [5.74, 6) is -0.292. The van der Waals surface area contributed by atoms with Crippen LogP contribution in [0.25, 0.3) is 0 Å². The molecule has 0 spiro atoms. The molecule has 0 bridgehead atoms. The molecule has 6 heteroatoms. The number of carbonyl (C=O) groups is 2. The van der Waals surface area contributed by atoms with E-state index in [1.165, 1.54) is 0 Å². The molecule has 0 saturated carbocycles. The molecule has 0 aliphatic carbocycles. The molecule has 1 fully saturated rings. The zero-order valence-corrected chi connectivity index (χ0v) is 15.4. The first-order valence-corrected chi connectivity index (χ1v) is 8.62. The summed E-state index contributed by atoms with van der Waals surface area (Å²) in [5.41, 5.74) is 7.77. The lowest BCUT2D eigenvalue weighted by Crippen LogP contribution is -2.49. The average molecular weight is 374 g/mol. The first-order valence-electron chi connectivity index (χ1n) is 8.62. The molecule has 3 N–H and O–H groups in total. The van der Waals surface area contributed by atoms with Crippen LogP contribution in [0.3, 0.4) is 0 Å². The lowest BCUT2D eigenvalue weighted by atomic mass is 10.0. The molecule has 1 aliphatic heterocycles. The van der Waals surface area contributed by atoms with Gasteiger partial charge in [-0.1, -0.05) is 36.4 Å². The average Bonchev–Trinajstić information content (AvgIpc) is 3.16. The van der Waals surface area contributed by atoms with E-state index in [-0.39, 0.29) is 24.2 Å². The van der Waals surface area contributed by atoms with Crippen LogP contribution in [-0.4, -0.2) is 35.8 Å². The van der Waals surface area contributed by atoms with E-state index in [0.29, 0.717) is 17.7 Å². The van der Waals surface area contributed by atoms with Crippen LogP contribution in [-0.2, 0) is 11.2 Å². The number of nitrogens with two attached hydrogens (primary N) is 1. The number of benzene rings is 2. The van der Waals surface area contributed by atoms with Crippen molar-refractivity contribution < 1.29 is 9.59 Å². The molecule has 5 nitrogen and oxygen atoms in total. The van der Waals surface area contributed by atoms with E-state index in [1.807, 2.05) is 35.2 Å². The highest BCUT2D eigenvalue weighted by molar-refractivity contribution is 5.98. The van der Waals surface area contributed by atoms with Crippen LogP contribution in [0.4, 0.5) is 5.69 Å². The Kier molecular flexibility index (Phi) is 7.04. The van der Waals surface area contributed by atoms with Crippen molar-refractivity contribution in [3.8, 4) is 0 Å². The van der Waals surface area contributed by atoms with Crippen LogP contribution in [0, 0.1) is 0 Å². The van der Waals surface area contributed by atoms with Crippen molar-refractivity contribution >= 4 is 29.9 Å². The number of rotatable bonds is 5. The molecule has 2 aromatic rings. The van der Waals surface area contributed by atoms with Gasteiger partial charge in [-0.25, -0.2) is 0 Å². The molecule has 138 valence electrons. The number of likely N-dealkylation sites (tertiary alicyclic amines) is 1. The van der Waals surface area contributed by atoms with E-state index < -0.39 is 6.04 Å². The van der Waals surface area contributed by atoms with Gasteiger partial charge in [-0.15, -0.1) is 12.4 Å². The number of hydrogen-bond acceptors (Lipinski definition) is 3. The number of carbonyl (C=O) groups excluding carboxylic acids is 2. The minimum absolute atomic E-state index is 0. The second-order valence-electron chi connectivity index (χ2n) is 6.37. The van der Waals surface area contributed by atoms with Gasteiger partial charge in [0.1, 0.15) is 6.04 Å². The zero-order chi connectivity index (χ0) is 17.6.